The second kappa shape index (κ2) is 5.00. The lowest BCUT2D eigenvalue weighted by molar-refractivity contribution is 0.0952. The number of carbonyl (C=O) groups is 1. The van der Waals surface area contributed by atoms with Gasteiger partial charge in [-0.05, 0) is 43.0 Å². The van der Waals surface area contributed by atoms with E-state index in [-0.39, 0.29) is 5.91 Å². The van der Waals surface area contributed by atoms with Crippen molar-refractivity contribution in [2.75, 3.05) is 6.54 Å². The molecule has 0 radical (unpaired) electrons. The van der Waals surface area contributed by atoms with Gasteiger partial charge in [-0.25, -0.2) is 0 Å². The molecule has 3 heteroatoms. The van der Waals surface area contributed by atoms with Crippen LogP contribution in [0.15, 0.2) is 22.7 Å². The summed E-state index contributed by atoms with van der Waals surface area (Å²) in [6, 6.07) is 5.69. The normalized spacial score (nSPS) is 14.9. The molecule has 0 unspecified atom stereocenters. The molecule has 0 heterocycles. The number of amides is 1. The van der Waals surface area contributed by atoms with Crippen LogP contribution in [-0.2, 0) is 0 Å². The van der Waals surface area contributed by atoms with E-state index in [1.165, 1.54) is 12.8 Å². The summed E-state index contributed by atoms with van der Waals surface area (Å²) >= 11 is 3.43. The molecule has 0 bridgehead atoms. The molecule has 1 aliphatic rings. The van der Waals surface area contributed by atoms with Crippen LogP contribution in [0.5, 0.6) is 0 Å². The quantitative estimate of drug-likeness (QED) is 0.902. The standard InChI is InChI=1S/C13H16BrNO/c1-9-8-11(4-5-12(9)14)13(16)15-7-6-10-2-3-10/h4-5,8,10H,2-3,6-7H2,1H3,(H,15,16). The van der Waals surface area contributed by atoms with E-state index in [1.807, 2.05) is 25.1 Å². The fraction of sp³-hybridized carbons (Fsp3) is 0.462. The van der Waals surface area contributed by atoms with Crippen molar-refractivity contribution in [2.45, 2.75) is 26.2 Å². The fourth-order valence-corrected chi connectivity index (χ4v) is 1.93. The molecule has 1 aromatic rings. The molecular formula is C13H16BrNO. The van der Waals surface area contributed by atoms with Gasteiger partial charge < -0.3 is 5.32 Å². The van der Waals surface area contributed by atoms with Gasteiger partial charge in [-0.2, -0.15) is 0 Å². The average molecular weight is 282 g/mol. The molecule has 0 atom stereocenters. The molecule has 0 saturated heterocycles. The number of halogens is 1. The summed E-state index contributed by atoms with van der Waals surface area (Å²) in [5.41, 5.74) is 1.84. The summed E-state index contributed by atoms with van der Waals surface area (Å²) in [5, 5.41) is 2.96. The summed E-state index contributed by atoms with van der Waals surface area (Å²) in [6.07, 6.45) is 3.81. The van der Waals surface area contributed by atoms with Crippen LogP contribution < -0.4 is 5.32 Å². The predicted molar refractivity (Wildman–Crippen MR) is 68.6 cm³/mol. The monoisotopic (exact) mass is 281 g/mol. The lowest BCUT2D eigenvalue weighted by atomic mass is 10.1. The highest BCUT2D eigenvalue weighted by molar-refractivity contribution is 9.10. The van der Waals surface area contributed by atoms with Crippen LogP contribution in [0.3, 0.4) is 0 Å². The number of aryl methyl sites for hydroxylation is 1. The maximum Gasteiger partial charge on any atom is 0.251 e. The summed E-state index contributed by atoms with van der Waals surface area (Å²) in [5.74, 6) is 0.906. The van der Waals surface area contributed by atoms with Crippen molar-refractivity contribution >= 4 is 21.8 Å². The summed E-state index contributed by atoms with van der Waals surface area (Å²) < 4.78 is 1.04. The van der Waals surface area contributed by atoms with Crippen molar-refractivity contribution in [3.63, 3.8) is 0 Å². The fourth-order valence-electron chi connectivity index (χ4n) is 1.68. The van der Waals surface area contributed by atoms with E-state index in [0.29, 0.717) is 0 Å². The Balaban J connectivity index is 1.88. The van der Waals surface area contributed by atoms with Gasteiger partial charge in [0.05, 0.1) is 0 Å². The van der Waals surface area contributed by atoms with E-state index >= 15 is 0 Å². The first-order valence-corrected chi connectivity index (χ1v) is 6.50. The first kappa shape index (κ1) is 11.6. The number of hydrogen-bond acceptors (Lipinski definition) is 1. The van der Waals surface area contributed by atoms with Crippen molar-refractivity contribution < 1.29 is 4.79 Å². The van der Waals surface area contributed by atoms with Crippen LogP contribution in [0.2, 0.25) is 0 Å². The van der Waals surface area contributed by atoms with Crippen LogP contribution in [-0.4, -0.2) is 12.5 Å². The molecule has 1 amide bonds. The zero-order valence-electron chi connectivity index (χ0n) is 9.42. The molecule has 1 aliphatic carbocycles. The average Bonchev–Trinajstić information content (AvgIpc) is 3.06. The maximum atomic E-state index is 11.8. The Morgan fingerprint density at radius 3 is 2.88 bits per heavy atom. The SMILES string of the molecule is Cc1cc(C(=O)NCCC2CC2)ccc1Br. The van der Waals surface area contributed by atoms with Gasteiger partial charge in [-0.3, -0.25) is 4.79 Å². The van der Waals surface area contributed by atoms with E-state index < -0.39 is 0 Å². The molecule has 86 valence electrons. The van der Waals surface area contributed by atoms with Gasteiger partial charge in [0, 0.05) is 16.6 Å². The third-order valence-corrected chi connectivity index (χ3v) is 3.84. The molecule has 1 saturated carbocycles. The lowest BCUT2D eigenvalue weighted by Crippen LogP contribution is -2.24. The highest BCUT2D eigenvalue weighted by Gasteiger charge is 2.20. The Morgan fingerprint density at radius 1 is 1.50 bits per heavy atom. The second-order valence-electron chi connectivity index (χ2n) is 4.45. The Labute approximate surface area is 105 Å². The third kappa shape index (κ3) is 3.08. The van der Waals surface area contributed by atoms with Crippen molar-refractivity contribution in [3.05, 3.63) is 33.8 Å². The Morgan fingerprint density at radius 2 is 2.25 bits per heavy atom. The molecule has 1 aromatic carbocycles. The molecular weight excluding hydrogens is 266 g/mol. The molecule has 0 aliphatic heterocycles. The molecule has 0 aromatic heterocycles. The van der Waals surface area contributed by atoms with Crippen LogP contribution >= 0.6 is 15.9 Å². The van der Waals surface area contributed by atoms with Gasteiger partial charge in [-0.1, -0.05) is 28.8 Å². The van der Waals surface area contributed by atoms with E-state index in [0.717, 1.165) is 34.5 Å². The van der Waals surface area contributed by atoms with Gasteiger partial charge in [0.2, 0.25) is 0 Å². The van der Waals surface area contributed by atoms with E-state index in [4.69, 9.17) is 0 Å². The van der Waals surface area contributed by atoms with Crippen molar-refractivity contribution in [1.29, 1.82) is 0 Å². The minimum Gasteiger partial charge on any atom is -0.352 e. The highest BCUT2D eigenvalue weighted by atomic mass is 79.9. The van der Waals surface area contributed by atoms with Gasteiger partial charge in [0.25, 0.3) is 5.91 Å². The van der Waals surface area contributed by atoms with Crippen LogP contribution in [0.4, 0.5) is 0 Å². The zero-order valence-corrected chi connectivity index (χ0v) is 11.0. The Bertz CT molecular complexity index is 399. The predicted octanol–water partition coefficient (Wildman–Crippen LogP) is 3.29. The molecule has 0 spiro atoms. The van der Waals surface area contributed by atoms with E-state index in [1.54, 1.807) is 0 Å². The minimum absolute atomic E-state index is 0.0382. The maximum absolute atomic E-state index is 11.8. The number of nitrogens with one attached hydrogen (secondary N) is 1. The topological polar surface area (TPSA) is 29.1 Å². The highest BCUT2D eigenvalue weighted by Crippen LogP contribution is 2.31. The van der Waals surface area contributed by atoms with Gasteiger partial charge in [-0.15, -0.1) is 0 Å². The summed E-state index contributed by atoms with van der Waals surface area (Å²) in [4.78, 5) is 11.8. The molecule has 1 fully saturated rings. The molecule has 16 heavy (non-hydrogen) atoms. The molecule has 2 rings (SSSR count). The van der Waals surface area contributed by atoms with Crippen LogP contribution in [0.1, 0.15) is 35.2 Å². The van der Waals surface area contributed by atoms with Gasteiger partial charge >= 0.3 is 0 Å². The number of carbonyl (C=O) groups excluding carboxylic acids is 1. The van der Waals surface area contributed by atoms with Crippen LogP contribution in [0, 0.1) is 12.8 Å². The lowest BCUT2D eigenvalue weighted by Gasteiger charge is -2.06. The third-order valence-electron chi connectivity index (χ3n) is 2.96. The van der Waals surface area contributed by atoms with Gasteiger partial charge in [0.15, 0.2) is 0 Å². The van der Waals surface area contributed by atoms with E-state index in [2.05, 4.69) is 21.2 Å². The first-order valence-electron chi connectivity index (χ1n) is 5.71. The van der Waals surface area contributed by atoms with Crippen molar-refractivity contribution in [1.82, 2.24) is 5.32 Å². The first-order chi connectivity index (χ1) is 7.66. The van der Waals surface area contributed by atoms with E-state index in [9.17, 15) is 4.79 Å². The van der Waals surface area contributed by atoms with Crippen molar-refractivity contribution in [2.24, 2.45) is 5.92 Å². The molecule has 2 nitrogen and oxygen atoms in total. The molecule has 1 N–H and O–H groups in total. The minimum atomic E-state index is 0.0382. The van der Waals surface area contributed by atoms with Crippen LogP contribution in [0.25, 0.3) is 0 Å². The largest absolute Gasteiger partial charge is 0.352 e. The number of benzene rings is 1. The summed E-state index contributed by atoms with van der Waals surface area (Å²) in [6.45, 7) is 2.80. The van der Waals surface area contributed by atoms with Crippen molar-refractivity contribution in [3.8, 4) is 0 Å². The van der Waals surface area contributed by atoms with Gasteiger partial charge in [0.1, 0.15) is 0 Å². The summed E-state index contributed by atoms with van der Waals surface area (Å²) in [7, 11) is 0. The second-order valence-corrected chi connectivity index (χ2v) is 5.31. The number of rotatable bonds is 4. The Hall–Kier alpha value is -0.830. The zero-order chi connectivity index (χ0) is 11.5. The number of hydrogen-bond donors (Lipinski definition) is 1. The smallest absolute Gasteiger partial charge is 0.251 e. The Kier molecular flexibility index (Phi) is 3.64.